The minimum absolute atomic E-state index is 0.0556. The van der Waals surface area contributed by atoms with E-state index in [0.29, 0.717) is 48.4 Å². The van der Waals surface area contributed by atoms with E-state index in [2.05, 4.69) is 15.5 Å². The summed E-state index contributed by atoms with van der Waals surface area (Å²) in [4.78, 5) is 4.73. The van der Waals surface area contributed by atoms with Crippen molar-refractivity contribution in [3.63, 3.8) is 0 Å². The number of ether oxygens (including phenoxy) is 2. The summed E-state index contributed by atoms with van der Waals surface area (Å²) in [5, 5.41) is 16.2. The van der Waals surface area contributed by atoms with E-state index in [1.54, 1.807) is 36.5 Å². The van der Waals surface area contributed by atoms with Crippen LogP contribution in [0.15, 0.2) is 57.8 Å². The zero-order valence-corrected chi connectivity index (χ0v) is 18.9. The Kier molecular flexibility index (Phi) is 6.70. The number of hydrogen-bond donors (Lipinski definition) is 2. The molecular formula is C21H22N4O5S2. The Morgan fingerprint density at radius 3 is 2.84 bits per heavy atom. The maximum absolute atomic E-state index is 12.9. The Morgan fingerprint density at radius 1 is 1.25 bits per heavy atom. The lowest BCUT2D eigenvalue weighted by Crippen LogP contribution is -2.40. The number of rotatable bonds is 7. The number of sulfonamides is 1. The van der Waals surface area contributed by atoms with Crippen LogP contribution in [-0.2, 0) is 14.8 Å². The Hall–Kier alpha value is -2.99. The molecule has 1 aliphatic heterocycles. The van der Waals surface area contributed by atoms with Crippen molar-refractivity contribution in [2.24, 2.45) is 5.10 Å². The lowest BCUT2D eigenvalue weighted by Gasteiger charge is -2.26. The first-order valence-electron chi connectivity index (χ1n) is 9.77. The summed E-state index contributed by atoms with van der Waals surface area (Å²) in [6.07, 6.45) is 1.58. The average Bonchev–Trinajstić information content (AvgIpc) is 3.30. The van der Waals surface area contributed by atoms with Crippen molar-refractivity contribution < 1.29 is 23.0 Å². The lowest BCUT2D eigenvalue weighted by atomic mass is 10.2. The highest BCUT2D eigenvalue weighted by Crippen LogP contribution is 2.28. The van der Waals surface area contributed by atoms with Gasteiger partial charge in [0.05, 0.1) is 37.1 Å². The van der Waals surface area contributed by atoms with E-state index in [9.17, 15) is 13.5 Å². The summed E-state index contributed by atoms with van der Waals surface area (Å²) in [5.41, 5.74) is 4.96. The molecule has 0 radical (unpaired) electrons. The highest BCUT2D eigenvalue weighted by Gasteiger charge is 2.26. The molecule has 1 saturated heterocycles. The van der Waals surface area contributed by atoms with Crippen LogP contribution in [0.2, 0.25) is 0 Å². The average molecular weight is 475 g/mol. The number of morpholine rings is 1. The molecule has 0 spiro atoms. The van der Waals surface area contributed by atoms with Gasteiger partial charge < -0.3 is 14.6 Å². The number of aromatic nitrogens is 1. The molecule has 0 unspecified atom stereocenters. The fourth-order valence-corrected chi connectivity index (χ4v) is 5.27. The monoisotopic (exact) mass is 474 g/mol. The second kappa shape index (κ2) is 9.65. The summed E-state index contributed by atoms with van der Waals surface area (Å²) in [6, 6.07) is 11.7. The van der Waals surface area contributed by atoms with Gasteiger partial charge in [0.25, 0.3) is 0 Å². The highest BCUT2D eigenvalue weighted by atomic mass is 32.2. The van der Waals surface area contributed by atoms with Crippen LogP contribution in [0.25, 0.3) is 11.3 Å². The molecule has 2 heterocycles. The van der Waals surface area contributed by atoms with E-state index in [0.717, 1.165) is 5.56 Å². The minimum Gasteiger partial charge on any atom is -0.504 e. The molecule has 4 rings (SSSR count). The van der Waals surface area contributed by atoms with E-state index >= 15 is 0 Å². The Labute approximate surface area is 190 Å². The fraction of sp³-hybridized carbons (Fsp3) is 0.238. The molecule has 2 aromatic carbocycles. The Balaban J connectivity index is 1.47. The lowest BCUT2D eigenvalue weighted by molar-refractivity contribution is 0.0730. The van der Waals surface area contributed by atoms with E-state index in [1.807, 2.05) is 11.4 Å². The molecule has 0 aliphatic carbocycles. The SMILES string of the molecule is COc1cc(/C=N\Nc2nc(-c3cccc(S(=O)(=O)N4CCOCC4)c3)cs2)ccc1O. The maximum Gasteiger partial charge on any atom is 0.243 e. The second-order valence-corrected chi connectivity index (χ2v) is 9.68. The number of aromatic hydroxyl groups is 1. The fourth-order valence-electron chi connectivity index (χ4n) is 3.15. The van der Waals surface area contributed by atoms with Gasteiger partial charge in [-0.3, -0.25) is 5.43 Å². The van der Waals surface area contributed by atoms with Gasteiger partial charge in [0.15, 0.2) is 11.5 Å². The maximum atomic E-state index is 12.9. The summed E-state index contributed by atoms with van der Waals surface area (Å²) >= 11 is 1.35. The van der Waals surface area contributed by atoms with Crippen molar-refractivity contribution in [1.82, 2.24) is 9.29 Å². The minimum atomic E-state index is -3.58. The number of phenols is 1. The number of phenolic OH excluding ortho intramolecular Hbond substituents is 1. The van der Waals surface area contributed by atoms with Crippen molar-refractivity contribution in [2.45, 2.75) is 4.90 Å². The van der Waals surface area contributed by atoms with Crippen LogP contribution in [0.4, 0.5) is 5.13 Å². The molecule has 9 nitrogen and oxygen atoms in total. The van der Waals surface area contributed by atoms with Crippen LogP contribution in [0, 0.1) is 0 Å². The van der Waals surface area contributed by atoms with Crippen LogP contribution in [0.5, 0.6) is 11.5 Å². The van der Waals surface area contributed by atoms with Crippen LogP contribution < -0.4 is 10.2 Å². The van der Waals surface area contributed by atoms with E-state index in [-0.39, 0.29) is 10.6 Å². The number of benzene rings is 2. The van der Waals surface area contributed by atoms with Gasteiger partial charge in [0, 0.05) is 24.0 Å². The van der Waals surface area contributed by atoms with Crippen molar-refractivity contribution in [2.75, 3.05) is 38.8 Å². The third kappa shape index (κ3) is 4.91. The van der Waals surface area contributed by atoms with Crippen LogP contribution in [0.1, 0.15) is 5.56 Å². The molecule has 3 aromatic rings. The molecule has 0 amide bonds. The quantitative estimate of drug-likeness (QED) is 0.400. The van der Waals surface area contributed by atoms with Gasteiger partial charge in [0.1, 0.15) is 0 Å². The predicted molar refractivity (Wildman–Crippen MR) is 123 cm³/mol. The summed E-state index contributed by atoms with van der Waals surface area (Å²) < 4.78 is 37.6. The number of thiazole rings is 1. The van der Waals surface area contributed by atoms with Crippen molar-refractivity contribution in [1.29, 1.82) is 0 Å². The highest BCUT2D eigenvalue weighted by molar-refractivity contribution is 7.89. The first-order chi connectivity index (χ1) is 15.5. The molecule has 1 aliphatic rings. The summed E-state index contributed by atoms with van der Waals surface area (Å²) in [7, 11) is -2.10. The second-order valence-electron chi connectivity index (χ2n) is 6.88. The van der Waals surface area contributed by atoms with Gasteiger partial charge in [-0.2, -0.15) is 9.41 Å². The molecule has 1 aromatic heterocycles. The van der Waals surface area contributed by atoms with Crippen LogP contribution in [0.3, 0.4) is 0 Å². The first-order valence-corrected chi connectivity index (χ1v) is 12.1. The van der Waals surface area contributed by atoms with E-state index in [1.165, 1.54) is 28.8 Å². The molecule has 32 heavy (non-hydrogen) atoms. The van der Waals surface area contributed by atoms with E-state index in [4.69, 9.17) is 9.47 Å². The molecule has 2 N–H and O–H groups in total. The first kappa shape index (κ1) is 22.2. The zero-order valence-electron chi connectivity index (χ0n) is 17.3. The van der Waals surface area contributed by atoms with Gasteiger partial charge >= 0.3 is 0 Å². The number of hydrazone groups is 1. The smallest absolute Gasteiger partial charge is 0.243 e. The molecular weight excluding hydrogens is 452 g/mol. The number of nitrogens with one attached hydrogen (secondary N) is 1. The third-order valence-electron chi connectivity index (χ3n) is 4.82. The van der Waals surface area contributed by atoms with Gasteiger partial charge in [-0.25, -0.2) is 13.4 Å². The Morgan fingerprint density at radius 2 is 2.06 bits per heavy atom. The normalized spacial score (nSPS) is 15.2. The number of anilines is 1. The van der Waals surface area contributed by atoms with Gasteiger partial charge in [-0.15, -0.1) is 11.3 Å². The van der Waals surface area contributed by atoms with Crippen molar-refractivity contribution in [3.8, 4) is 22.8 Å². The molecule has 0 saturated carbocycles. The van der Waals surface area contributed by atoms with Gasteiger partial charge in [-0.1, -0.05) is 12.1 Å². The third-order valence-corrected chi connectivity index (χ3v) is 7.46. The number of hydrogen-bond acceptors (Lipinski definition) is 9. The van der Waals surface area contributed by atoms with Crippen LogP contribution in [-0.4, -0.2) is 62.4 Å². The largest absolute Gasteiger partial charge is 0.504 e. The summed E-state index contributed by atoms with van der Waals surface area (Å²) in [6.45, 7) is 1.50. The predicted octanol–water partition coefficient (Wildman–Crippen LogP) is 2.99. The topological polar surface area (TPSA) is 113 Å². The summed E-state index contributed by atoms with van der Waals surface area (Å²) in [5.74, 6) is 0.414. The molecule has 0 bridgehead atoms. The molecule has 0 atom stereocenters. The van der Waals surface area contributed by atoms with Gasteiger partial charge in [-0.05, 0) is 35.9 Å². The molecule has 1 fully saturated rings. The molecule has 168 valence electrons. The van der Waals surface area contributed by atoms with Crippen molar-refractivity contribution >= 4 is 32.7 Å². The number of nitrogens with zero attached hydrogens (tertiary/aromatic N) is 3. The van der Waals surface area contributed by atoms with Crippen molar-refractivity contribution in [3.05, 3.63) is 53.4 Å². The molecule has 11 heteroatoms. The zero-order chi connectivity index (χ0) is 22.6. The number of methoxy groups -OCH3 is 1. The van der Waals surface area contributed by atoms with E-state index < -0.39 is 10.0 Å². The standard InChI is InChI=1S/C21H22N4O5S2/c1-29-20-11-15(5-6-19(20)26)13-22-24-21-23-18(14-31-21)16-3-2-4-17(12-16)32(27,28)25-7-9-30-10-8-25/h2-6,11-14,26H,7-10H2,1H3,(H,23,24)/b22-13-. The van der Waals surface area contributed by atoms with Crippen LogP contribution >= 0.6 is 11.3 Å². The van der Waals surface area contributed by atoms with Gasteiger partial charge in [0.2, 0.25) is 15.2 Å². The Bertz CT molecular complexity index is 1220.